The number of carboxylic acid groups (broad SMARTS) is 1. The fraction of sp³-hybridized carbons (Fsp3) is 0.400. The number of rotatable bonds is 2. The largest absolute Gasteiger partial charge is 0.480 e. The van der Waals surface area contributed by atoms with Crippen molar-refractivity contribution in [1.82, 2.24) is 4.90 Å². The molecule has 0 saturated carbocycles. The van der Waals surface area contributed by atoms with Gasteiger partial charge in [-0.05, 0) is 19.1 Å². The summed E-state index contributed by atoms with van der Waals surface area (Å²) >= 11 is 1.45. The van der Waals surface area contributed by atoms with Crippen molar-refractivity contribution in [1.29, 1.82) is 0 Å². The van der Waals surface area contributed by atoms with Crippen LogP contribution in [0.2, 0.25) is 0 Å². The van der Waals surface area contributed by atoms with Gasteiger partial charge in [-0.1, -0.05) is 0 Å². The van der Waals surface area contributed by atoms with Crippen molar-refractivity contribution in [2.24, 2.45) is 0 Å². The minimum Gasteiger partial charge on any atom is -0.480 e. The van der Waals surface area contributed by atoms with Crippen LogP contribution in [0, 0.1) is 0 Å². The quantitative estimate of drug-likeness (QED) is 0.844. The van der Waals surface area contributed by atoms with Crippen molar-refractivity contribution in [3.63, 3.8) is 0 Å². The fourth-order valence-corrected chi connectivity index (χ4v) is 2.84. The molecule has 1 aromatic rings. The molecule has 6 heteroatoms. The Labute approximate surface area is 96.4 Å². The van der Waals surface area contributed by atoms with Crippen LogP contribution in [0.3, 0.4) is 0 Å². The van der Waals surface area contributed by atoms with Gasteiger partial charge in [0.15, 0.2) is 5.76 Å². The molecule has 0 bridgehead atoms. The maximum Gasteiger partial charge on any atom is 0.327 e. The molecular weight excluding hydrogens is 230 g/mol. The number of hydrogen-bond acceptors (Lipinski definition) is 4. The molecule has 1 amide bonds. The van der Waals surface area contributed by atoms with Crippen molar-refractivity contribution in [2.45, 2.75) is 18.3 Å². The number of aliphatic carboxylic acids is 1. The number of carboxylic acids is 1. The molecule has 0 spiro atoms. The summed E-state index contributed by atoms with van der Waals surface area (Å²) in [6, 6.07) is 2.38. The predicted octanol–water partition coefficient (Wildman–Crippen LogP) is 1.27. The SMILES string of the molecule is CC1SCC(C(=O)O)N1C(=O)c1ccco1. The molecule has 16 heavy (non-hydrogen) atoms. The Morgan fingerprint density at radius 2 is 2.38 bits per heavy atom. The Morgan fingerprint density at radius 1 is 1.62 bits per heavy atom. The third-order valence-electron chi connectivity index (χ3n) is 2.47. The number of hydrogen-bond donors (Lipinski definition) is 1. The van der Waals surface area contributed by atoms with Crippen LogP contribution >= 0.6 is 11.8 Å². The Kier molecular flexibility index (Phi) is 2.91. The molecule has 1 N–H and O–H groups in total. The van der Waals surface area contributed by atoms with Crippen LogP contribution in [-0.2, 0) is 4.79 Å². The molecule has 1 aliphatic heterocycles. The molecule has 1 fully saturated rings. The Morgan fingerprint density at radius 3 is 2.94 bits per heavy atom. The Balaban J connectivity index is 2.24. The molecule has 0 aliphatic carbocycles. The van der Waals surface area contributed by atoms with E-state index >= 15 is 0 Å². The normalized spacial score (nSPS) is 24.7. The highest BCUT2D eigenvalue weighted by atomic mass is 32.2. The summed E-state index contributed by atoms with van der Waals surface area (Å²) in [7, 11) is 0. The molecular formula is C10H11NO4S. The van der Waals surface area contributed by atoms with Crippen molar-refractivity contribution in [2.75, 3.05) is 5.75 Å². The number of nitrogens with zero attached hydrogens (tertiary/aromatic N) is 1. The van der Waals surface area contributed by atoms with Gasteiger partial charge < -0.3 is 14.4 Å². The smallest absolute Gasteiger partial charge is 0.327 e. The third kappa shape index (κ3) is 1.80. The summed E-state index contributed by atoms with van der Waals surface area (Å²) < 4.78 is 4.99. The van der Waals surface area contributed by atoms with Gasteiger partial charge in [0.25, 0.3) is 5.91 Å². The fourth-order valence-electron chi connectivity index (χ4n) is 1.67. The molecule has 1 aromatic heterocycles. The first kappa shape index (κ1) is 11.1. The molecule has 2 heterocycles. The van der Waals surface area contributed by atoms with E-state index in [0.717, 1.165) is 0 Å². The number of amides is 1. The zero-order valence-electron chi connectivity index (χ0n) is 8.62. The van der Waals surface area contributed by atoms with Gasteiger partial charge in [-0.25, -0.2) is 4.79 Å². The summed E-state index contributed by atoms with van der Waals surface area (Å²) in [6.07, 6.45) is 1.40. The average molecular weight is 241 g/mol. The van der Waals surface area contributed by atoms with Gasteiger partial charge in [-0.3, -0.25) is 4.79 Å². The lowest BCUT2D eigenvalue weighted by atomic mass is 10.2. The minimum atomic E-state index is -0.975. The van der Waals surface area contributed by atoms with Gasteiger partial charge >= 0.3 is 5.97 Å². The van der Waals surface area contributed by atoms with Gasteiger partial charge in [0.2, 0.25) is 0 Å². The summed E-state index contributed by atoms with van der Waals surface area (Å²) in [6.45, 7) is 1.81. The number of carbonyl (C=O) groups excluding carboxylic acids is 1. The summed E-state index contributed by atoms with van der Waals surface area (Å²) in [5.41, 5.74) is 0. The number of thioether (sulfide) groups is 1. The molecule has 5 nitrogen and oxygen atoms in total. The van der Waals surface area contributed by atoms with E-state index in [2.05, 4.69) is 0 Å². The highest BCUT2D eigenvalue weighted by Gasteiger charge is 2.40. The highest BCUT2D eigenvalue weighted by Crippen LogP contribution is 2.30. The second-order valence-corrected chi connectivity index (χ2v) is 4.83. The summed E-state index contributed by atoms with van der Waals surface area (Å²) in [5.74, 6) is -0.740. The first-order valence-corrected chi connectivity index (χ1v) is 5.86. The molecule has 2 rings (SSSR count). The van der Waals surface area contributed by atoms with Crippen molar-refractivity contribution < 1.29 is 19.1 Å². The van der Waals surface area contributed by atoms with E-state index in [1.165, 1.54) is 29.0 Å². The second kappa shape index (κ2) is 4.21. The topological polar surface area (TPSA) is 70.8 Å². The van der Waals surface area contributed by atoms with Gasteiger partial charge in [-0.2, -0.15) is 0 Å². The molecule has 1 aliphatic rings. The van der Waals surface area contributed by atoms with Crippen molar-refractivity contribution in [3.05, 3.63) is 24.2 Å². The van der Waals surface area contributed by atoms with E-state index in [0.29, 0.717) is 5.75 Å². The second-order valence-electron chi connectivity index (χ2n) is 3.48. The van der Waals surface area contributed by atoms with Crippen LogP contribution in [0.15, 0.2) is 22.8 Å². The van der Waals surface area contributed by atoms with E-state index in [9.17, 15) is 9.59 Å². The van der Waals surface area contributed by atoms with Gasteiger partial charge in [0.05, 0.1) is 11.6 Å². The standard InChI is InChI=1S/C10H11NO4S/c1-6-11(7(5-16-6)10(13)14)9(12)8-3-2-4-15-8/h2-4,6-7H,5H2,1H3,(H,13,14). The van der Waals surface area contributed by atoms with E-state index in [1.54, 1.807) is 6.07 Å². The molecule has 86 valence electrons. The van der Waals surface area contributed by atoms with Crippen LogP contribution < -0.4 is 0 Å². The molecule has 1 saturated heterocycles. The molecule has 2 unspecified atom stereocenters. The molecule has 2 atom stereocenters. The summed E-state index contributed by atoms with van der Waals surface area (Å²) in [4.78, 5) is 24.3. The highest BCUT2D eigenvalue weighted by molar-refractivity contribution is 8.00. The van der Waals surface area contributed by atoms with Gasteiger partial charge in [0, 0.05) is 5.75 Å². The average Bonchev–Trinajstić information content (AvgIpc) is 2.84. The Hall–Kier alpha value is -1.43. The predicted molar refractivity (Wildman–Crippen MR) is 58.2 cm³/mol. The van der Waals surface area contributed by atoms with E-state index in [4.69, 9.17) is 9.52 Å². The molecule has 0 radical (unpaired) electrons. The van der Waals surface area contributed by atoms with Crippen LogP contribution in [-0.4, -0.2) is 39.1 Å². The first-order chi connectivity index (χ1) is 7.61. The third-order valence-corrected chi connectivity index (χ3v) is 3.69. The molecule has 0 aromatic carbocycles. The van der Waals surface area contributed by atoms with Crippen LogP contribution in [0.25, 0.3) is 0 Å². The monoisotopic (exact) mass is 241 g/mol. The zero-order chi connectivity index (χ0) is 11.7. The minimum absolute atomic E-state index is 0.140. The van der Waals surface area contributed by atoms with Crippen LogP contribution in [0.4, 0.5) is 0 Å². The van der Waals surface area contributed by atoms with Crippen molar-refractivity contribution in [3.8, 4) is 0 Å². The maximum absolute atomic E-state index is 12.0. The van der Waals surface area contributed by atoms with Gasteiger partial charge in [-0.15, -0.1) is 11.8 Å². The van der Waals surface area contributed by atoms with Crippen LogP contribution in [0.1, 0.15) is 17.5 Å². The zero-order valence-corrected chi connectivity index (χ0v) is 9.44. The number of furan rings is 1. The summed E-state index contributed by atoms with van der Waals surface area (Å²) in [5, 5.41) is 8.87. The van der Waals surface area contributed by atoms with Crippen molar-refractivity contribution >= 4 is 23.6 Å². The number of carbonyl (C=O) groups is 2. The van der Waals surface area contributed by atoms with Crippen LogP contribution in [0.5, 0.6) is 0 Å². The lowest BCUT2D eigenvalue weighted by Crippen LogP contribution is -2.44. The lowest BCUT2D eigenvalue weighted by molar-refractivity contribution is -0.141. The maximum atomic E-state index is 12.0. The van der Waals surface area contributed by atoms with E-state index < -0.39 is 12.0 Å². The lowest BCUT2D eigenvalue weighted by Gasteiger charge is -2.23. The Bertz CT molecular complexity index is 403. The van der Waals surface area contributed by atoms with E-state index in [1.807, 2.05) is 6.92 Å². The van der Waals surface area contributed by atoms with Gasteiger partial charge in [0.1, 0.15) is 6.04 Å². The van der Waals surface area contributed by atoms with E-state index in [-0.39, 0.29) is 17.0 Å². The first-order valence-electron chi connectivity index (χ1n) is 4.82.